The molecule has 4 rings (SSSR count). The minimum atomic E-state index is -0.0403. The highest BCUT2D eigenvalue weighted by molar-refractivity contribution is 5.48. The molecule has 6 nitrogen and oxygen atoms in total. The van der Waals surface area contributed by atoms with Crippen LogP contribution in [-0.2, 0) is 5.41 Å². The van der Waals surface area contributed by atoms with Crippen molar-refractivity contribution >= 4 is 22.7 Å². The van der Waals surface area contributed by atoms with Crippen LogP contribution >= 0.6 is 0 Å². The largest absolute Gasteiger partial charge is 0.494 e. The molecule has 0 saturated heterocycles. The molecular weight excluding hydrogens is 472 g/mol. The first-order valence-electron chi connectivity index (χ1n) is 12.9. The molecule has 4 aromatic rings. The second kappa shape index (κ2) is 13.8. The fourth-order valence-corrected chi connectivity index (χ4v) is 3.86. The van der Waals surface area contributed by atoms with E-state index in [2.05, 4.69) is 38.1 Å². The van der Waals surface area contributed by atoms with Gasteiger partial charge in [0.15, 0.2) is 0 Å². The Kier molecular flexibility index (Phi) is 10.3. The summed E-state index contributed by atoms with van der Waals surface area (Å²) in [6.45, 7) is 5.83. The summed E-state index contributed by atoms with van der Waals surface area (Å²) in [6.07, 6.45) is 3.09. The fourth-order valence-electron chi connectivity index (χ4n) is 3.86. The van der Waals surface area contributed by atoms with Crippen LogP contribution in [0.25, 0.3) is 0 Å². The molecule has 0 aliphatic heterocycles. The third kappa shape index (κ3) is 8.96. The predicted octanol–water partition coefficient (Wildman–Crippen LogP) is 6.66. The van der Waals surface area contributed by atoms with Crippen molar-refractivity contribution in [3.8, 4) is 11.5 Å². The van der Waals surface area contributed by atoms with E-state index in [9.17, 15) is 0 Å². The molecule has 0 unspecified atom stereocenters. The molecule has 0 atom stereocenters. The van der Waals surface area contributed by atoms with Crippen molar-refractivity contribution in [3.05, 3.63) is 108 Å². The second-order valence-corrected chi connectivity index (χ2v) is 9.76. The molecule has 0 bridgehead atoms. The van der Waals surface area contributed by atoms with Gasteiger partial charge in [0.05, 0.1) is 13.2 Å². The van der Waals surface area contributed by atoms with E-state index in [-0.39, 0.29) is 5.41 Å². The highest BCUT2D eigenvalue weighted by atomic mass is 16.5. The average molecular weight is 513 g/mol. The van der Waals surface area contributed by atoms with Crippen molar-refractivity contribution in [2.75, 3.05) is 36.1 Å². The van der Waals surface area contributed by atoms with Crippen LogP contribution in [0, 0.1) is 0 Å². The van der Waals surface area contributed by atoms with Gasteiger partial charge in [0.1, 0.15) is 11.5 Å². The maximum Gasteiger partial charge on any atom is 0.119 e. The number of nitrogen functional groups attached to an aromatic ring is 4. The zero-order chi connectivity index (χ0) is 27.4. The van der Waals surface area contributed by atoms with E-state index in [0.29, 0.717) is 13.2 Å². The van der Waals surface area contributed by atoms with Crippen LogP contribution in [0.5, 0.6) is 11.5 Å². The number of benzene rings is 4. The zero-order valence-electron chi connectivity index (χ0n) is 22.4. The Bertz CT molecular complexity index is 1120. The van der Waals surface area contributed by atoms with E-state index in [1.807, 2.05) is 72.8 Å². The Labute approximate surface area is 226 Å². The first kappa shape index (κ1) is 28.3. The quantitative estimate of drug-likeness (QED) is 0.139. The smallest absolute Gasteiger partial charge is 0.119 e. The first-order valence-corrected chi connectivity index (χ1v) is 12.9. The lowest BCUT2D eigenvalue weighted by atomic mass is 9.78. The van der Waals surface area contributed by atoms with Crippen LogP contribution in [0.3, 0.4) is 0 Å². The second-order valence-electron chi connectivity index (χ2n) is 9.76. The molecule has 0 saturated carbocycles. The van der Waals surface area contributed by atoms with Crippen molar-refractivity contribution < 1.29 is 9.47 Å². The zero-order valence-corrected chi connectivity index (χ0v) is 22.4. The van der Waals surface area contributed by atoms with Gasteiger partial charge in [-0.05, 0) is 103 Å². The number of rotatable bonds is 10. The van der Waals surface area contributed by atoms with Crippen LogP contribution in [0.1, 0.15) is 44.2 Å². The normalized spacial score (nSPS) is 10.8. The molecule has 0 aliphatic carbocycles. The Hall–Kier alpha value is -4.32. The summed E-state index contributed by atoms with van der Waals surface area (Å²) >= 11 is 0. The lowest BCUT2D eigenvalue weighted by Crippen LogP contribution is -2.18. The molecule has 4 aromatic carbocycles. The third-order valence-corrected chi connectivity index (χ3v) is 6.35. The summed E-state index contributed by atoms with van der Waals surface area (Å²) in [5, 5.41) is 0. The minimum Gasteiger partial charge on any atom is -0.494 e. The van der Waals surface area contributed by atoms with Gasteiger partial charge in [-0.2, -0.15) is 0 Å². The highest BCUT2D eigenvalue weighted by Crippen LogP contribution is 2.32. The van der Waals surface area contributed by atoms with E-state index >= 15 is 0 Å². The fraction of sp³-hybridized carbons (Fsp3) is 0.250. The summed E-state index contributed by atoms with van der Waals surface area (Å²) < 4.78 is 11.3. The summed E-state index contributed by atoms with van der Waals surface area (Å²) in [4.78, 5) is 0. The molecule has 38 heavy (non-hydrogen) atoms. The van der Waals surface area contributed by atoms with Crippen molar-refractivity contribution in [2.45, 2.75) is 38.5 Å². The summed E-state index contributed by atoms with van der Waals surface area (Å²) in [5.41, 5.74) is 28.2. The van der Waals surface area contributed by atoms with Gasteiger partial charge in [-0.15, -0.1) is 0 Å². The molecule has 0 fully saturated rings. The summed E-state index contributed by atoms with van der Waals surface area (Å²) in [5.74, 6) is 1.73. The number of nitrogens with two attached hydrogens (primary N) is 4. The lowest BCUT2D eigenvalue weighted by Gasteiger charge is -2.26. The van der Waals surface area contributed by atoms with Crippen molar-refractivity contribution in [1.82, 2.24) is 0 Å². The maximum absolute atomic E-state index is 5.71. The molecule has 6 heteroatoms. The Morgan fingerprint density at radius 3 is 1.05 bits per heavy atom. The van der Waals surface area contributed by atoms with Crippen molar-refractivity contribution in [3.63, 3.8) is 0 Å². The van der Waals surface area contributed by atoms with Crippen LogP contribution in [0.2, 0.25) is 0 Å². The summed E-state index contributed by atoms with van der Waals surface area (Å²) in [7, 11) is 0. The molecule has 0 heterocycles. The average Bonchev–Trinajstić information content (AvgIpc) is 2.91. The molecule has 0 spiro atoms. The standard InChI is InChI=1S/C17H22N2O2.C15H18N2/c18-14-4-8-16(9-5-14)20-12-2-1-3-13-21-17-10-6-15(19)7-11-17;1-15(2,11-3-7-13(16)8-4-11)12-5-9-14(17)10-6-12/h4-11H,1-3,12-13,18-19H2;3-10H,16-17H2,1-2H3. The first-order chi connectivity index (χ1) is 18.2. The van der Waals surface area contributed by atoms with E-state index in [4.69, 9.17) is 32.4 Å². The van der Waals surface area contributed by atoms with E-state index < -0.39 is 0 Å². The van der Waals surface area contributed by atoms with Gasteiger partial charge in [-0.3, -0.25) is 0 Å². The number of hydrogen-bond acceptors (Lipinski definition) is 6. The summed E-state index contributed by atoms with van der Waals surface area (Å²) in [6, 6.07) is 31.0. The van der Waals surface area contributed by atoms with Gasteiger partial charge in [-0.25, -0.2) is 0 Å². The predicted molar refractivity (Wildman–Crippen MR) is 160 cm³/mol. The number of ether oxygens (including phenoxy) is 2. The Morgan fingerprint density at radius 1 is 0.447 bits per heavy atom. The molecule has 8 N–H and O–H groups in total. The molecule has 0 radical (unpaired) electrons. The van der Waals surface area contributed by atoms with Crippen LogP contribution in [0.15, 0.2) is 97.1 Å². The maximum atomic E-state index is 5.71. The van der Waals surface area contributed by atoms with Gasteiger partial charge in [0, 0.05) is 28.2 Å². The molecular formula is C32H40N4O2. The topological polar surface area (TPSA) is 123 Å². The van der Waals surface area contributed by atoms with Crippen LogP contribution in [0.4, 0.5) is 22.7 Å². The minimum absolute atomic E-state index is 0.0403. The van der Waals surface area contributed by atoms with Crippen molar-refractivity contribution in [1.29, 1.82) is 0 Å². The van der Waals surface area contributed by atoms with Crippen LogP contribution < -0.4 is 32.4 Å². The Morgan fingerprint density at radius 2 is 0.737 bits per heavy atom. The number of unbranched alkanes of at least 4 members (excludes halogenated alkanes) is 2. The molecule has 200 valence electrons. The van der Waals surface area contributed by atoms with Crippen LogP contribution in [-0.4, -0.2) is 13.2 Å². The van der Waals surface area contributed by atoms with Gasteiger partial charge < -0.3 is 32.4 Å². The van der Waals surface area contributed by atoms with E-state index in [1.165, 1.54) is 11.1 Å². The monoisotopic (exact) mass is 512 g/mol. The molecule has 0 aliphatic rings. The van der Waals surface area contributed by atoms with E-state index in [0.717, 1.165) is 53.5 Å². The number of hydrogen-bond donors (Lipinski definition) is 4. The van der Waals surface area contributed by atoms with Crippen molar-refractivity contribution in [2.24, 2.45) is 0 Å². The van der Waals surface area contributed by atoms with Gasteiger partial charge in [-0.1, -0.05) is 38.1 Å². The van der Waals surface area contributed by atoms with Gasteiger partial charge >= 0.3 is 0 Å². The molecule has 0 amide bonds. The highest BCUT2D eigenvalue weighted by Gasteiger charge is 2.22. The van der Waals surface area contributed by atoms with Gasteiger partial charge in [0.2, 0.25) is 0 Å². The third-order valence-electron chi connectivity index (χ3n) is 6.35. The van der Waals surface area contributed by atoms with Gasteiger partial charge in [0.25, 0.3) is 0 Å². The molecule has 0 aromatic heterocycles. The SMILES string of the molecule is CC(C)(c1ccc(N)cc1)c1ccc(N)cc1.Nc1ccc(OCCCCCOc2ccc(N)cc2)cc1. The van der Waals surface area contributed by atoms with E-state index in [1.54, 1.807) is 0 Å². The number of anilines is 4. The Balaban J connectivity index is 0.000000215. The lowest BCUT2D eigenvalue weighted by molar-refractivity contribution is 0.279.